The first kappa shape index (κ1) is 22.6. The number of hydrazone groups is 2. The Labute approximate surface area is 188 Å². The molecular weight excluding hydrogens is 400 g/mol. The Balaban J connectivity index is 1.61. The van der Waals surface area contributed by atoms with Gasteiger partial charge in [-0.15, -0.1) is 0 Å². The van der Waals surface area contributed by atoms with E-state index in [1.54, 1.807) is 24.3 Å². The van der Waals surface area contributed by atoms with Crippen molar-refractivity contribution in [1.82, 2.24) is 10.9 Å². The molecule has 162 valence electrons. The molecule has 0 fully saturated rings. The van der Waals surface area contributed by atoms with E-state index in [4.69, 9.17) is 0 Å². The van der Waals surface area contributed by atoms with E-state index in [-0.39, 0.29) is 11.8 Å². The molecule has 32 heavy (non-hydrogen) atoms. The van der Waals surface area contributed by atoms with Gasteiger partial charge in [0, 0.05) is 11.1 Å². The normalized spacial score (nSPS) is 11.8. The second kappa shape index (κ2) is 10.3. The van der Waals surface area contributed by atoms with Crippen LogP contribution in [0.15, 0.2) is 83.0 Å². The van der Waals surface area contributed by atoms with Crippen LogP contribution in [0.2, 0.25) is 0 Å². The minimum Gasteiger partial charge on any atom is -0.267 e. The van der Waals surface area contributed by atoms with Crippen LogP contribution >= 0.6 is 0 Å². The zero-order valence-corrected chi connectivity index (χ0v) is 18.6. The maximum Gasteiger partial charge on any atom is 0.271 e. The number of benzene rings is 3. The van der Waals surface area contributed by atoms with E-state index in [0.717, 1.165) is 22.3 Å². The highest BCUT2D eigenvalue weighted by Gasteiger charge is 2.07. The Hall–Kier alpha value is -4.06. The Morgan fingerprint density at radius 3 is 1.12 bits per heavy atom. The van der Waals surface area contributed by atoms with Crippen molar-refractivity contribution >= 4 is 23.2 Å². The van der Waals surface area contributed by atoms with Crippen LogP contribution in [-0.4, -0.2) is 23.2 Å². The first-order valence-corrected chi connectivity index (χ1v) is 10.3. The maximum atomic E-state index is 12.2. The molecule has 0 aromatic heterocycles. The van der Waals surface area contributed by atoms with Crippen LogP contribution in [0.4, 0.5) is 0 Å². The molecule has 3 rings (SSSR count). The van der Waals surface area contributed by atoms with E-state index in [1.165, 1.54) is 0 Å². The van der Waals surface area contributed by atoms with E-state index in [0.29, 0.717) is 22.6 Å². The van der Waals surface area contributed by atoms with E-state index in [2.05, 4.69) is 21.1 Å². The molecule has 0 heterocycles. The van der Waals surface area contributed by atoms with Gasteiger partial charge in [-0.2, -0.15) is 10.2 Å². The summed E-state index contributed by atoms with van der Waals surface area (Å²) in [5.41, 5.74) is 11.6. The SMILES string of the molecule is CC(=NNC(=O)c1ccc(C)cc1)c1ccc(C(C)=NNC(=O)c2ccc(C)cc2)cc1. The molecule has 3 aromatic carbocycles. The number of nitrogens with zero attached hydrogens (tertiary/aromatic N) is 2. The summed E-state index contributed by atoms with van der Waals surface area (Å²) in [5.74, 6) is -0.512. The summed E-state index contributed by atoms with van der Waals surface area (Å²) in [6.07, 6.45) is 0. The fourth-order valence-electron chi connectivity index (χ4n) is 2.89. The topological polar surface area (TPSA) is 82.9 Å². The Morgan fingerprint density at radius 2 is 0.812 bits per heavy atom. The molecule has 0 unspecified atom stereocenters. The second-order valence-electron chi connectivity index (χ2n) is 7.59. The lowest BCUT2D eigenvalue weighted by Gasteiger charge is -2.06. The fourth-order valence-corrected chi connectivity index (χ4v) is 2.89. The third-order valence-corrected chi connectivity index (χ3v) is 5.00. The minimum absolute atomic E-state index is 0.256. The van der Waals surface area contributed by atoms with Gasteiger partial charge in [-0.1, -0.05) is 59.7 Å². The first-order chi connectivity index (χ1) is 15.3. The number of hydrogen-bond acceptors (Lipinski definition) is 4. The highest BCUT2D eigenvalue weighted by molar-refractivity contribution is 6.03. The van der Waals surface area contributed by atoms with Gasteiger partial charge in [-0.25, -0.2) is 10.9 Å². The standard InChI is InChI=1S/C26H26N4O2/c1-17-5-9-23(10-6-17)25(31)29-27-19(3)21-13-15-22(16-14-21)20(4)28-30-26(32)24-11-7-18(2)8-12-24/h5-16H,1-4H3,(H,29,31)(H,30,32). The van der Waals surface area contributed by atoms with Gasteiger partial charge in [0.05, 0.1) is 11.4 Å². The van der Waals surface area contributed by atoms with E-state index >= 15 is 0 Å². The highest BCUT2D eigenvalue weighted by atomic mass is 16.2. The predicted molar refractivity (Wildman–Crippen MR) is 128 cm³/mol. The fraction of sp³-hybridized carbons (Fsp3) is 0.154. The molecule has 3 aromatic rings. The minimum atomic E-state index is -0.256. The molecule has 6 heteroatoms. The van der Waals surface area contributed by atoms with Crippen LogP contribution in [0.5, 0.6) is 0 Å². The summed E-state index contributed by atoms with van der Waals surface area (Å²) < 4.78 is 0. The van der Waals surface area contributed by atoms with Crippen molar-refractivity contribution < 1.29 is 9.59 Å². The van der Waals surface area contributed by atoms with Crippen LogP contribution in [0.25, 0.3) is 0 Å². The summed E-state index contributed by atoms with van der Waals surface area (Å²) in [6, 6.07) is 22.2. The van der Waals surface area contributed by atoms with Crippen LogP contribution in [-0.2, 0) is 0 Å². The van der Waals surface area contributed by atoms with Gasteiger partial charge in [0.2, 0.25) is 0 Å². The van der Waals surface area contributed by atoms with E-state index in [9.17, 15) is 9.59 Å². The lowest BCUT2D eigenvalue weighted by molar-refractivity contribution is 0.0947. The molecule has 0 aliphatic rings. The molecule has 6 nitrogen and oxygen atoms in total. The smallest absolute Gasteiger partial charge is 0.267 e. The van der Waals surface area contributed by atoms with Crippen LogP contribution in [0.1, 0.15) is 56.8 Å². The van der Waals surface area contributed by atoms with Crippen molar-refractivity contribution in [2.45, 2.75) is 27.7 Å². The molecule has 0 aliphatic heterocycles. The van der Waals surface area contributed by atoms with Gasteiger partial charge in [0.1, 0.15) is 0 Å². The van der Waals surface area contributed by atoms with Gasteiger partial charge in [-0.3, -0.25) is 9.59 Å². The van der Waals surface area contributed by atoms with Crippen molar-refractivity contribution in [3.63, 3.8) is 0 Å². The molecule has 0 saturated heterocycles. The molecule has 2 N–H and O–H groups in total. The predicted octanol–water partition coefficient (Wildman–Crippen LogP) is 4.61. The Kier molecular flexibility index (Phi) is 7.29. The van der Waals surface area contributed by atoms with Crippen LogP contribution in [0.3, 0.4) is 0 Å². The largest absolute Gasteiger partial charge is 0.271 e. The molecule has 2 amide bonds. The zero-order valence-electron chi connectivity index (χ0n) is 18.6. The first-order valence-electron chi connectivity index (χ1n) is 10.3. The summed E-state index contributed by atoms with van der Waals surface area (Å²) in [7, 11) is 0. The molecule has 0 aliphatic carbocycles. The summed E-state index contributed by atoms with van der Waals surface area (Å²) in [5, 5.41) is 8.39. The molecule has 0 saturated carbocycles. The Bertz CT molecular complexity index is 1070. The summed E-state index contributed by atoms with van der Waals surface area (Å²) in [6.45, 7) is 7.59. The van der Waals surface area contributed by atoms with Gasteiger partial charge >= 0.3 is 0 Å². The maximum absolute atomic E-state index is 12.2. The number of rotatable bonds is 6. The summed E-state index contributed by atoms with van der Waals surface area (Å²) in [4.78, 5) is 24.4. The number of aryl methyl sites for hydroxylation is 2. The number of carbonyl (C=O) groups excluding carboxylic acids is 2. The van der Waals surface area contributed by atoms with Crippen LogP contribution in [0, 0.1) is 13.8 Å². The summed E-state index contributed by atoms with van der Waals surface area (Å²) >= 11 is 0. The molecule has 0 spiro atoms. The van der Waals surface area contributed by atoms with E-state index in [1.807, 2.05) is 76.2 Å². The molecule has 0 bridgehead atoms. The highest BCUT2D eigenvalue weighted by Crippen LogP contribution is 2.08. The van der Waals surface area contributed by atoms with Gasteiger partial charge in [0.25, 0.3) is 11.8 Å². The number of carbonyl (C=O) groups is 2. The monoisotopic (exact) mass is 426 g/mol. The molecule has 0 atom stereocenters. The van der Waals surface area contributed by atoms with E-state index < -0.39 is 0 Å². The quantitative estimate of drug-likeness (QED) is 0.446. The lowest BCUT2D eigenvalue weighted by Crippen LogP contribution is -2.19. The number of amides is 2. The van der Waals surface area contributed by atoms with Crippen molar-refractivity contribution in [1.29, 1.82) is 0 Å². The van der Waals surface area contributed by atoms with Crippen molar-refractivity contribution in [2.75, 3.05) is 0 Å². The average Bonchev–Trinajstić information content (AvgIpc) is 2.81. The Morgan fingerprint density at radius 1 is 0.531 bits per heavy atom. The van der Waals surface area contributed by atoms with Gasteiger partial charge in [-0.05, 0) is 63.1 Å². The van der Waals surface area contributed by atoms with Crippen molar-refractivity contribution in [3.8, 4) is 0 Å². The molecule has 0 radical (unpaired) electrons. The second-order valence-corrected chi connectivity index (χ2v) is 7.59. The van der Waals surface area contributed by atoms with Crippen molar-refractivity contribution in [3.05, 3.63) is 106 Å². The average molecular weight is 427 g/mol. The van der Waals surface area contributed by atoms with Gasteiger partial charge < -0.3 is 0 Å². The zero-order chi connectivity index (χ0) is 23.1. The number of hydrogen-bond donors (Lipinski definition) is 2. The van der Waals surface area contributed by atoms with Crippen molar-refractivity contribution in [2.24, 2.45) is 10.2 Å². The molecular formula is C26H26N4O2. The van der Waals surface area contributed by atoms with Crippen LogP contribution < -0.4 is 10.9 Å². The number of nitrogens with one attached hydrogen (secondary N) is 2. The third kappa shape index (κ3) is 5.98. The lowest BCUT2D eigenvalue weighted by atomic mass is 10.1. The third-order valence-electron chi connectivity index (χ3n) is 5.00. The van der Waals surface area contributed by atoms with Gasteiger partial charge in [0.15, 0.2) is 0 Å².